The Balaban J connectivity index is 1.50. The van der Waals surface area contributed by atoms with Crippen LogP contribution in [0.3, 0.4) is 0 Å². The minimum atomic E-state index is -0.0109. The van der Waals surface area contributed by atoms with Crippen LogP contribution in [0.1, 0.15) is 36.5 Å². The summed E-state index contributed by atoms with van der Waals surface area (Å²) in [5.41, 5.74) is 0.537. The van der Waals surface area contributed by atoms with Gasteiger partial charge in [0, 0.05) is 51.3 Å². The molecule has 0 atom stereocenters. The first-order valence-electron chi connectivity index (χ1n) is 9.29. The van der Waals surface area contributed by atoms with Crippen LogP contribution < -0.4 is 10.2 Å². The number of piperazine rings is 1. The number of pyridine rings is 1. The molecule has 0 unspecified atom stereocenters. The fraction of sp³-hybridized carbons (Fsp3) is 0.474. The SMILES string of the molecule is CCCCCNc1ncc(C(=O)N2CCN(c3ccccn3)CC2)cn1. The van der Waals surface area contributed by atoms with E-state index in [4.69, 9.17) is 0 Å². The van der Waals surface area contributed by atoms with Gasteiger partial charge in [-0.05, 0) is 18.6 Å². The summed E-state index contributed by atoms with van der Waals surface area (Å²) in [4.78, 5) is 29.6. The normalized spacial score (nSPS) is 14.3. The molecule has 1 fully saturated rings. The van der Waals surface area contributed by atoms with Crippen molar-refractivity contribution < 1.29 is 4.79 Å². The third-order valence-electron chi connectivity index (χ3n) is 4.50. The van der Waals surface area contributed by atoms with Gasteiger partial charge in [0.25, 0.3) is 5.91 Å². The maximum Gasteiger partial charge on any atom is 0.257 e. The zero-order chi connectivity index (χ0) is 18.2. The molecule has 26 heavy (non-hydrogen) atoms. The van der Waals surface area contributed by atoms with E-state index in [1.165, 1.54) is 12.8 Å². The largest absolute Gasteiger partial charge is 0.354 e. The average Bonchev–Trinajstić information content (AvgIpc) is 2.72. The molecule has 0 spiro atoms. The van der Waals surface area contributed by atoms with Crippen LogP contribution in [0.5, 0.6) is 0 Å². The maximum absolute atomic E-state index is 12.6. The van der Waals surface area contributed by atoms with E-state index in [1.54, 1.807) is 18.6 Å². The van der Waals surface area contributed by atoms with Gasteiger partial charge in [-0.15, -0.1) is 0 Å². The molecule has 0 aliphatic carbocycles. The number of nitrogens with one attached hydrogen (secondary N) is 1. The molecule has 3 heterocycles. The van der Waals surface area contributed by atoms with Gasteiger partial charge in [0.1, 0.15) is 5.82 Å². The number of amides is 1. The molecule has 1 aliphatic rings. The standard InChI is InChI=1S/C19H26N6O/c1-2-3-5-9-21-19-22-14-16(15-23-19)18(26)25-12-10-24(11-13-25)17-7-4-6-8-20-17/h4,6-8,14-15H,2-3,5,9-13H2,1H3,(H,21,22,23). The quantitative estimate of drug-likeness (QED) is 0.770. The minimum Gasteiger partial charge on any atom is -0.354 e. The highest BCUT2D eigenvalue weighted by molar-refractivity contribution is 5.93. The number of anilines is 2. The summed E-state index contributed by atoms with van der Waals surface area (Å²) in [6, 6.07) is 5.89. The molecule has 0 saturated carbocycles. The van der Waals surface area contributed by atoms with Crippen LogP contribution in [0.25, 0.3) is 0 Å². The van der Waals surface area contributed by atoms with Gasteiger partial charge in [0.2, 0.25) is 5.95 Å². The lowest BCUT2D eigenvalue weighted by Crippen LogP contribution is -2.49. The van der Waals surface area contributed by atoms with Gasteiger partial charge in [-0.1, -0.05) is 25.8 Å². The smallest absolute Gasteiger partial charge is 0.257 e. The summed E-state index contributed by atoms with van der Waals surface area (Å²) in [7, 11) is 0. The molecule has 0 aromatic carbocycles. The first-order chi connectivity index (χ1) is 12.8. The van der Waals surface area contributed by atoms with Crippen LogP contribution in [-0.4, -0.2) is 58.5 Å². The van der Waals surface area contributed by atoms with Crippen molar-refractivity contribution >= 4 is 17.7 Å². The number of carbonyl (C=O) groups excluding carboxylic acids is 1. The number of carbonyl (C=O) groups is 1. The third kappa shape index (κ3) is 4.68. The van der Waals surface area contributed by atoms with E-state index in [1.807, 2.05) is 23.1 Å². The van der Waals surface area contributed by atoms with E-state index in [-0.39, 0.29) is 5.91 Å². The van der Waals surface area contributed by atoms with Crippen molar-refractivity contribution in [3.8, 4) is 0 Å². The predicted octanol–water partition coefficient (Wildman–Crippen LogP) is 2.44. The van der Waals surface area contributed by atoms with E-state index >= 15 is 0 Å². The maximum atomic E-state index is 12.6. The highest BCUT2D eigenvalue weighted by Gasteiger charge is 2.23. The molecule has 2 aromatic heterocycles. The van der Waals surface area contributed by atoms with Crippen molar-refractivity contribution in [3.63, 3.8) is 0 Å². The zero-order valence-corrected chi connectivity index (χ0v) is 15.3. The van der Waals surface area contributed by atoms with Crippen LogP contribution in [0.2, 0.25) is 0 Å². The molecular formula is C19H26N6O. The second kappa shape index (κ2) is 9.12. The molecule has 2 aromatic rings. The summed E-state index contributed by atoms with van der Waals surface area (Å²) in [6.07, 6.45) is 8.49. The van der Waals surface area contributed by atoms with Crippen molar-refractivity contribution in [2.45, 2.75) is 26.2 Å². The number of nitrogens with zero attached hydrogens (tertiary/aromatic N) is 5. The Kier molecular flexibility index (Phi) is 6.35. The lowest BCUT2D eigenvalue weighted by atomic mass is 10.2. The Bertz CT molecular complexity index is 683. The van der Waals surface area contributed by atoms with Gasteiger partial charge < -0.3 is 15.1 Å². The molecule has 1 saturated heterocycles. The molecule has 138 valence electrons. The number of unbranched alkanes of at least 4 members (excludes halogenated alkanes) is 2. The fourth-order valence-electron chi connectivity index (χ4n) is 2.97. The Morgan fingerprint density at radius 1 is 1.08 bits per heavy atom. The molecule has 7 heteroatoms. The summed E-state index contributed by atoms with van der Waals surface area (Å²) in [6.45, 7) is 5.93. The van der Waals surface area contributed by atoms with E-state index < -0.39 is 0 Å². The predicted molar refractivity (Wildman–Crippen MR) is 102 cm³/mol. The number of aromatic nitrogens is 3. The van der Waals surface area contributed by atoms with Crippen molar-refractivity contribution in [1.29, 1.82) is 0 Å². The minimum absolute atomic E-state index is 0.0109. The average molecular weight is 354 g/mol. The molecular weight excluding hydrogens is 328 g/mol. The number of rotatable bonds is 7. The number of hydrogen-bond donors (Lipinski definition) is 1. The monoisotopic (exact) mass is 354 g/mol. The van der Waals surface area contributed by atoms with Crippen molar-refractivity contribution in [2.24, 2.45) is 0 Å². The topological polar surface area (TPSA) is 74.2 Å². The van der Waals surface area contributed by atoms with E-state index in [9.17, 15) is 4.79 Å². The van der Waals surface area contributed by atoms with Crippen LogP contribution in [0, 0.1) is 0 Å². The summed E-state index contributed by atoms with van der Waals surface area (Å²) in [5.74, 6) is 1.53. The molecule has 0 radical (unpaired) electrons. The number of hydrogen-bond acceptors (Lipinski definition) is 6. The van der Waals surface area contributed by atoms with Crippen LogP contribution in [0.15, 0.2) is 36.8 Å². The molecule has 1 aliphatic heterocycles. The Hall–Kier alpha value is -2.70. The van der Waals surface area contributed by atoms with E-state index in [0.717, 1.165) is 31.9 Å². The van der Waals surface area contributed by atoms with Gasteiger partial charge in [-0.25, -0.2) is 15.0 Å². The molecule has 0 bridgehead atoms. The van der Waals surface area contributed by atoms with Crippen LogP contribution >= 0.6 is 0 Å². The van der Waals surface area contributed by atoms with Gasteiger partial charge in [0.15, 0.2) is 0 Å². The first-order valence-corrected chi connectivity index (χ1v) is 9.29. The van der Waals surface area contributed by atoms with Gasteiger partial charge >= 0.3 is 0 Å². The van der Waals surface area contributed by atoms with Gasteiger partial charge in [0.05, 0.1) is 5.56 Å². The molecule has 7 nitrogen and oxygen atoms in total. The lowest BCUT2D eigenvalue weighted by molar-refractivity contribution is 0.0745. The van der Waals surface area contributed by atoms with Crippen molar-refractivity contribution in [2.75, 3.05) is 42.9 Å². The molecule has 1 N–H and O–H groups in total. The van der Waals surface area contributed by atoms with Crippen molar-refractivity contribution in [1.82, 2.24) is 19.9 Å². The second-order valence-corrected chi connectivity index (χ2v) is 6.40. The Labute approximate surface area is 154 Å². The Morgan fingerprint density at radius 2 is 1.85 bits per heavy atom. The van der Waals surface area contributed by atoms with Crippen LogP contribution in [0.4, 0.5) is 11.8 Å². The highest BCUT2D eigenvalue weighted by Crippen LogP contribution is 2.14. The second-order valence-electron chi connectivity index (χ2n) is 6.40. The summed E-state index contributed by atoms with van der Waals surface area (Å²) in [5, 5.41) is 3.19. The highest BCUT2D eigenvalue weighted by atomic mass is 16.2. The van der Waals surface area contributed by atoms with Crippen LogP contribution in [-0.2, 0) is 0 Å². The van der Waals surface area contributed by atoms with E-state index in [2.05, 4.69) is 32.1 Å². The summed E-state index contributed by atoms with van der Waals surface area (Å²) < 4.78 is 0. The fourth-order valence-corrected chi connectivity index (χ4v) is 2.97. The third-order valence-corrected chi connectivity index (χ3v) is 4.50. The molecule has 3 rings (SSSR count). The first kappa shape index (κ1) is 18.1. The van der Waals surface area contributed by atoms with E-state index in [0.29, 0.717) is 24.6 Å². The van der Waals surface area contributed by atoms with Crippen molar-refractivity contribution in [3.05, 3.63) is 42.4 Å². The molecule has 1 amide bonds. The lowest BCUT2D eigenvalue weighted by Gasteiger charge is -2.35. The Morgan fingerprint density at radius 3 is 2.50 bits per heavy atom. The van der Waals surface area contributed by atoms with Gasteiger partial charge in [-0.3, -0.25) is 4.79 Å². The van der Waals surface area contributed by atoms with Gasteiger partial charge in [-0.2, -0.15) is 0 Å². The zero-order valence-electron chi connectivity index (χ0n) is 15.3. The summed E-state index contributed by atoms with van der Waals surface area (Å²) >= 11 is 0.